The van der Waals surface area contributed by atoms with Crippen molar-refractivity contribution >= 4 is 46.4 Å². The molecule has 1 rings (SSSR count). The van der Waals surface area contributed by atoms with Crippen LogP contribution in [0, 0.1) is 0 Å². The summed E-state index contributed by atoms with van der Waals surface area (Å²) in [6.45, 7) is 0. The largest absolute Gasteiger partial charge is 0.155 e. The van der Waals surface area contributed by atoms with E-state index in [2.05, 4.69) is 0 Å². The zero-order chi connectivity index (χ0) is 7.07. The average molecular weight is 206 g/mol. The van der Waals surface area contributed by atoms with Gasteiger partial charge in [-0.2, -0.15) is 0 Å². The maximum atomic E-state index is 5.70. The minimum Gasteiger partial charge on any atom is -0.0953 e. The van der Waals surface area contributed by atoms with Crippen molar-refractivity contribution in [1.29, 1.82) is 0 Å². The minimum atomic E-state index is -0.918. The molecule has 1 aliphatic carbocycles. The summed E-state index contributed by atoms with van der Waals surface area (Å²) in [6.07, 6.45) is 1.31. The van der Waals surface area contributed by atoms with Gasteiger partial charge in [0.05, 0.1) is 5.03 Å². The van der Waals surface area contributed by atoms with Gasteiger partial charge in [-0.25, -0.2) is 0 Å². The maximum absolute atomic E-state index is 5.70. The molecule has 4 heteroatoms. The molecule has 0 radical (unpaired) electrons. The van der Waals surface area contributed by atoms with E-state index in [0.29, 0.717) is 22.9 Å². The molecule has 0 aromatic rings. The summed E-state index contributed by atoms with van der Waals surface area (Å²) >= 11 is 22.7. The van der Waals surface area contributed by atoms with Gasteiger partial charge < -0.3 is 0 Å². The molecule has 0 heterocycles. The first-order chi connectivity index (χ1) is 4.04. The zero-order valence-corrected chi connectivity index (χ0v) is 7.45. The SMILES string of the molecule is ClC1=C(Cl)C(Cl)(Cl)CC1. The smallest absolute Gasteiger partial charge is 0.0953 e. The lowest BCUT2D eigenvalue weighted by atomic mass is 10.3. The quantitative estimate of drug-likeness (QED) is 0.530. The fourth-order valence-electron chi connectivity index (χ4n) is 0.685. The number of hydrogen-bond donors (Lipinski definition) is 0. The molecule has 0 atom stereocenters. The summed E-state index contributed by atoms with van der Waals surface area (Å²) in [7, 11) is 0. The lowest BCUT2D eigenvalue weighted by molar-refractivity contribution is 0.869. The van der Waals surface area contributed by atoms with Crippen molar-refractivity contribution in [3.05, 3.63) is 10.1 Å². The van der Waals surface area contributed by atoms with Crippen molar-refractivity contribution in [3.63, 3.8) is 0 Å². The summed E-state index contributed by atoms with van der Waals surface area (Å²) in [5.74, 6) is 0. The van der Waals surface area contributed by atoms with Crippen LogP contribution < -0.4 is 0 Å². The van der Waals surface area contributed by atoms with Crippen LogP contribution in [0.25, 0.3) is 0 Å². The van der Waals surface area contributed by atoms with Crippen LogP contribution in [-0.2, 0) is 0 Å². The highest BCUT2D eigenvalue weighted by molar-refractivity contribution is 6.58. The Hall–Kier alpha value is 0.900. The zero-order valence-electron chi connectivity index (χ0n) is 4.43. The summed E-state index contributed by atoms with van der Waals surface area (Å²) in [5, 5.41) is 0.967. The number of allylic oxidation sites excluding steroid dienone is 2. The van der Waals surface area contributed by atoms with Crippen LogP contribution in [0.2, 0.25) is 0 Å². The Morgan fingerprint density at radius 3 is 1.89 bits per heavy atom. The lowest BCUT2D eigenvalue weighted by Gasteiger charge is -2.09. The predicted molar refractivity (Wildman–Crippen MR) is 42.4 cm³/mol. The molecule has 0 saturated carbocycles. The lowest BCUT2D eigenvalue weighted by Crippen LogP contribution is -2.06. The van der Waals surface area contributed by atoms with Crippen molar-refractivity contribution < 1.29 is 0 Å². The van der Waals surface area contributed by atoms with Crippen LogP contribution in [0.15, 0.2) is 10.1 Å². The van der Waals surface area contributed by atoms with E-state index in [0.717, 1.165) is 0 Å². The van der Waals surface area contributed by atoms with Crippen LogP contribution in [0.4, 0.5) is 0 Å². The molecule has 0 N–H and O–H groups in total. The number of hydrogen-bond acceptors (Lipinski definition) is 0. The molecule has 0 bridgehead atoms. The van der Waals surface area contributed by atoms with Crippen LogP contribution in [-0.4, -0.2) is 4.33 Å². The van der Waals surface area contributed by atoms with E-state index in [-0.39, 0.29) is 0 Å². The summed E-state index contributed by atoms with van der Waals surface area (Å²) < 4.78 is -0.918. The van der Waals surface area contributed by atoms with E-state index in [4.69, 9.17) is 46.4 Å². The Bertz CT molecular complexity index is 158. The normalized spacial score (nSPS) is 25.3. The topological polar surface area (TPSA) is 0 Å². The number of alkyl halides is 2. The molecule has 52 valence electrons. The second kappa shape index (κ2) is 2.50. The van der Waals surface area contributed by atoms with Gasteiger partial charge in [0.15, 0.2) is 4.33 Å². The van der Waals surface area contributed by atoms with E-state index >= 15 is 0 Å². The summed E-state index contributed by atoms with van der Waals surface area (Å²) in [4.78, 5) is 0. The molecule has 0 aliphatic heterocycles. The average Bonchev–Trinajstić information content (AvgIpc) is 1.97. The van der Waals surface area contributed by atoms with Crippen LogP contribution in [0.5, 0.6) is 0 Å². The first-order valence-corrected chi connectivity index (χ1v) is 3.97. The van der Waals surface area contributed by atoms with Crippen molar-refractivity contribution in [2.75, 3.05) is 0 Å². The van der Waals surface area contributed by atoms with Crippen molar-refractivity contribution in [1.82, 2.24) is 0 Å². The molecular weight excluding hydrogens is 202 g/mol. The first kappa shape index (κ1) is 8.00. The van der Waals surface area contributed by atoms with Gasteiger partial charge >= 0.3 is 0 Å². The molecule has 0 amide bonds. The van der Waals surface area contributed by atoms with Gasteiger partial charge in [-0.3, -0.25) is 0 Å². The number of rotatable bonds is 0. The van der Waals surface area contributed by atoms with Crippen LogP contribution in [0.3, 0.4) is 0 Å². The molecule has 0 aromatic heterocycles. The van der Waals surface area contributed by atoms with E-state index in [1.54, 1.807) is 0 Å². The van der Waals surface area contributed by atoms with E-state index in [1.165, 1.54) is 0 Å². The Kier molecular flexibility index (Phi) is 2.22. The fraction of sp³-hybridized carbons (Fsp3) is 0.600. The minimum absolute atomic E-state index is 0.382. The van der Waals surface area contributed by atoms with Crippen molar-refractivity contribution in [2.24, 2.45) is 0 Å². The van der Waals surface area contributed by atoms with Crippen LogP contribution in [0.1, 0.15) is 12.8 Å². The third kappa shape index (κ3) is 1.48. The maximum Gasteiger partial charge on any atom is 0.155 e. The molecule has 1 aliphatic rings. The summed E-state index contributed by atoms with van der Waals surface area (Å²) in [5.41, 5.74) is 0. The molecule has 0 spiro atoms. The molecular formula is C5H4Cl4. The Morgan fingerprint density at radius 1 is 1.22 bits per heavy atom. The molecule has 0 aromatic carbocycles. The third-order valence-electron chi connectivity index (χ3n) is 1.22. The van der Waals surface area contributed by atoms with E-state index in [9.17, 15) is 0 Å². The molecule has 0 unspecified atom stereocenters. The van der Waals surface area contributed by atoms with Gasteiger partial charge in [0, 0.05) is 5.03 Å². The second-order valence-electron chi connectivity index (χ2n) is 1.92. The number of halogens is 4. The van der Waals surface area contributed by atoms with Crippen LogP contribution >= 0.6 is 46.4 Å². The first-order valence-electron chi connectivity index (χ1n) is 2.46. The van der Waals surface area contributed by atoms with Gasteiger partial charge in [-0.15, -0.1) is 0 Å². The van der Waals surface area contributed by atoms with Crippen molar-refractivity contribution in [3.8, 4) is 0 Å². The van der Waals surface area contributed by atoms with E-state index < -0.39 is 4.33 Å². The summed E-state index contributed by atoms with van der Waals surface area (Å²) in [6, 6.07) is 0. The molecule has 0 nitrogen and oxygen atoms in total. The Labute approximate surface area is 73.7 Å². The highest BCUT2D eigenvalue weighted by Crippen LogP contribution is 2.47. The highest BCUT2D eigenvalue weighted by atomic mass is 35.5. The highest BCUT2D eigenvalue weighted by Gasteiger charge is 2.35. The Morgan fingerprint density at radius 2 is 1.78 bits per heavy atom. The third-order valence-corrected chi connectivity index (χ3v) is 3.19. The van der Waals surface area contributed by atoms with Crippen molar-refractivity contribution in [2.45, 2.75) is 17.2 Å². The molecule has 9 heavy (non-hydrogen) atoms. The monoisotopic (exact) mass is 204 g/mol. The second-order valence-corrected chi connectivity index (χ2v) is 4.24. The Balaban J connectivity index is 2.88. The predicted octanol–water partition coefficient (Wildman–Crippen LogP) is 3.64. The van der Waals surface area contributed by atoms with Gasteiger partial charge in [0.2, 0.25) is 0 Å². The van der Waals surface area contributed by atoms with Gasteiger partial charge in [-0.05, 0) is 12.8 Å². The van der Waals surface area contributed by atoms with Gasteiger partial charge in [0.1, 0.15) is 0 Å². The molecule has 0 fully saturated rings. The van der Waals surface area contributed by atoms with E-state index in [1.807, 2.05) is 0 Å². The van der Waals surface area contributed by atoms with Gasteiger partial charge in [-0.1, -0.05) is 46.4 Å². The van der Waals surface area contributed by atoms with Gasteiger partial charge in [0.25, 0.3) is 0 Å². The standard InChI is InChI=1S/C5H4Cl4/c6-3-1-2-5(8,9)4(3)7/h1-2H2. The fourth-order valence-corrected chi connectivity index (χ4v) is 1.64. The molecule has 0 saturated heterocycles.